The molecule has 2 rings (SSSR count). The molecule has 2 aliphatic carbocycles. The van der Waals surface area contributed by atoms with Gasteiger partial charge in [0.1, 0.15) is 5.60 Å². The highest BCUT2D eigenvalue weighted by Crippen LogP contribution is 2.59. The van der Waals surface area contributed by atoms with E-state index in [-0.39, 0.29) is 0 Å². The Kier molecular flexibility index (Phi) is 2.16. The highest BCUT2D eigenvalue weighted by atomic mass is 16.6. The van der Waals surface area contributed by atoms with Crippen LogP contribution in [0, 0.1) is 5.41 Å². The molecule has 16 heavy (non-hydrogen) atoms. The van der Waals surface area contributed by atoms with Crippen molar-refractivity contribution in [1.29, 1.82) is 0 Å². The summed E-state index contributed by atoms with van der Waals surface area (Å²) in [6.07, 6.45) is 2.45. The first kappa shape index (κ1) is 11.2. The van der Waals surface area contributed by atoms with E-state index in [2.05, 4.69) is 0 Å². The fourth-order valence-corrected chi connectivity index (χ4v) is 1.91. The first-order chi connectivity index (χ1) is 7.27. The molecule has 1 atom stereocenters. The maximum absolute atomic E-state index is 12.0. The lowest BCUT2D eigenvalue weighted by Gasteiger charge is -2.22. The van der Waals surface area contributed by atoms with Crippen molar-refractivity contribution in [2.45, 2.75) is 45.6 Å². The Hall–Kier alpha value is -1.32. The Bertz CT molecular complexity index is 397. The van der Waals surface area contributed by atoms with Crippen molar-refractivity contribution in [1.82, 2.24) is 0 Å². The maximum Gasteiger partial charge on any atom is 0.326 e. The van der Waals surface area contributed by atoms with Crippen LogP contribution in [0.5, 0.6) is 0 Å². The van der Waals surface area contributed by atoms with E-state index >= 15 is 0 Å². The van der Waals surface area contributed by atoms with Gasteiger partial charge in [-0.05, 0) is 45.6 Å². The van der Waals surface area contributed by atoms with Crippen LogP contribution in [0.3, 0.4) is 0 Å². The fourth-order valence-electron chi connectivity index (χ4n) is 1.91. The number of primary amides is 1. The molecule has 1 amide bonds. The zero-order valence-corrected chi connectivity index (χ0v) is 9.92. The van der Waals surface area contributed by atoms with Crippen molar-refractivity contribution in [3.63, 3.8) is 0 Å². The van der Waals surface area contributed by atoms with Crippen molar-refractivity contribution >= 4 is 11.9 Å². The lowest BCUT2D eigenvalue weighted by molar-refractivity contribution is -0.163. The molecule has 0 aromatic carbocycles. The summed E-state index contributed by atoms with van der Waals surface area (Å²) < 4.78 is 5.26. The quantitative estimate of drug-likeness (QED) is 0.435. The van der Waals surface area contributed by atoms with E-state index in [1.807, 2.05) is 0 Å². The Morgan fingerprint density at radius 3 is 2.25 bits per heavy atom. The number of nitrogens with two attached hydrogens (primary N) is 1. The predicted octanol–water partition coefficient (Wildman–Crippen LogP) is 1.29. The van der Waals surface area contributed by atoms with Crippen LogP contribution in [0.15, 0.2) is 11.1 Å². The maximum atomic E-state index is 12.0. The molecule has 2 aliphatic rings. The minimum atomic E-state index is -1.13. The van der Waals surface area contributed by atoms with Gasteiger partial charge in [-0.15, -0.1) is 0 Å². The number of carbonyl (C=O) groups is 2. The number of ether oxygens (including phenoxy) is 1. The van der Waals surface area contributed by atoms with E-state index in [9.17, 15) is 9.59 Å². The average molecular weight is 223 g/mol. The number of carbonyl (C=O) groups excluding carboxylic acids is 2. The number of rotatable bonds is 2. The van der Waals surface area contributed by atoms with Crippen LogP contribution in [-0.4, -0.2) is 17.5 Å². The average Bonchev–Trinajstić information content (AvgIpc) is 2.96. The van der Waals surface area contributed by atoms with Gasteiger partial charge in [0.15, 0.2) is 5.41 Å². The van der Waals surface area contributed by atoms with Crippen molar-refractivity contribution in [2.24, 2.45) is 11.1 Å². The Labute approximate surface area is 94.8 Å². The van der Waals surface area contributed by atoms with Crippen LogP contribution >= 0.6 is 0 Å². The Morgan fingerprint density at radius 1 is 1.31 bits per heavy atom. The molecule has 0 aromatic heterocycles. The zero-order chi connectivity index (χ0) is 12.1. The lowest BCUT2D eigenvalue weighted by Crippen LogP contribution is -2.38. The Morgan fingerprint density at radius 2 is 1.88 bits per heavy atom. The van der Waals surface area contributed by atoms with Gasteiger partial charge in [0, 0.05) is 0 Å². The molecule has 0 radical (unpaired) electrons. The highest BCUT2D eigenvalue weighted by molar-refractivity contribution is 6.11. The van der Waals surface area contributed by atoms with Crippen molar-refractivity contribution in [3.05, 3.63) is 11.1 Å². The van der Waals surface area contributed by atoms with E-state index < -0.39 is 22.9 Å². The molecule has 0 aliphatic heterocycles. The predicted molar refractivity (Wildman–Crippen MR) is 58.3 cm³/mol. The third-order valence-electron chi connectivity index (χ3n) is 2.93. The third kappa shape index (κ3) is 1.72. The summed E-state index contributed by atoms with van der Waals surface area (Å²) in [5.74, 6) is -1.06. The van der Waals surface area contributed by atoms with Crippen molar-refractivity contribution in [2.75, 3.05) is 0 Å². The van der Waals surface area contributed by atoms with Crippen LogP contribution < -0.4 is 5.73 Å². The molecule has 2 fully saturated rings. The first-order valence-corrected chi connectivity index (χ1v) is 5.52. The van der Waals surface area contributed by atoms with Crippen LogP contribution in [0.25, 0.3) is 0 Å². The SMILES string of the molecule is CC(C)(C)OC(=O)C1(C(N)=O)CC1=C1CC1. The monoisotopic (exact) mass is 223 g/mol. The topological polar surface area (TPSA) is 69.4 Å². The van der Waals surface area contributed by atoms with Crippen molar-refractivity contribution < 1.29 is 14.3 Å². The van der Waals surface area contributed by atoms with Gasteiger partial charge < -0.3 is 10.5 Å². The largest absolute Gasteiger partial charge is 0.459 e. The van der Waals surface area contributed by atoms with Gasteiger partial charge in [-0.1, -0.05) is 5.57 Å². The summed E-state index contributed by atoms with van der Waals surface area (Å²) >= 11 is 0. The van der Waals surface area contributed by atoms with Gasteiger partial charge in [-0.25, -0.2) is 0 Å². The molecule has 0 heterocycles. The first-order valence-electron chi connectivity index (χ1n) is 5.52. The minimum Gasteiger partial charge on any atom is -0.459 e. The zero-order valence-electron chi connectivity index (χ0n) is 9.92. The minimum absolute atomic E-state index is 0.465. The molecule has 0 spiro atoms. The molecule has 0 saturated heterocycles. The van der Waals surface area contributed by atoms with Crippen LogP contribution in [0.4, 0.5) is 0 Å². The van der Waals surface area contributed by atoms with Crippen molar-refractivity contribution in [3.8, 4) is 0 Å². The van der Waals surface area contributed by atoms with Crippen LogP contribution in [-0.2, 0) is 14.3 Å². The molecule has 2 N–H and O–H groups in total. The van der Waals surface area contributed by atoms with Gasteiger partial charge >= 0.3 is 5.97 Å². The second-order valence-electron chi connectivity index (χ2n) is 5.53. The number of esters is 1. The summed E-state index contributed by atoms with van der Waals surface area (Å²) in [6.45, 7) is 5.35. The summed E-state index contributed by atoms with van der Waals surface area (Å²) in [5, 5.41) is 0. The fraction of sp³-hybridized carbons (Fsp3) is 0.667. The smallest absolute Gasteiger partial charge is 0.326 e. The van der Waals surface area contributed by atoms with Gasteiger partial charge in [0.05, 0.1) is 0 Å². The van der Waals surface area contributed by atoms with Gasteiger partial charge in [-0.2, -0.15) is 0 Å². The number of amides is 1. The van der Waals surface area contributed by atoms with Gasteiger partial charge in [0.2, 0.25) is 5.91 Å². The summed E-state index contributed by atoms with van der Waals surface area (Å²) in [7, 11) is 0. The second kappa shape index (κ2) is 3.09. The third-order valence-corrected chi connectivity index (χ3v) is 2.93. The van der Waals surface area contributed by atoms with Gasteiger partial charge in [-0.3, -0.25) is 9.59 Å². The molecule has 4 nitrogen and oxygen atoms in total. The number of allylic oxidation sites excluding steroid dienone is 1. The number of hydrogen-bond acceptors (Lipinski definition) is 3. The van der Waals surface area contributed by atoms with Crippen LogP contribution in [0.1, 0.15) is 40.0 Å². The van der Waals surface area contributed by atoms with E-state index in [1.54, 1.807) is 20.8 Å². The van der Waals surface area contributed by atoms with E-state index in [0.29, 0.717) is 6.42 Å². The van der Waals surface area contributed by atoms with E-state index in [4.69, 9.17) is 10.5 Å². The summed E-state index contributed by atoms with van der Waals surface area (Å²) in [6, 6.07) is 0. The lowest BCUT2D eigenvalue weighted by atomic mass is 10.0. The molecular weight excluding hydrogens is 206 g/mol. The number of hydrogen-bond donors (Lipinski definition) is 1. The normalized spacial score (nSPS) is 27.7. The molecular formula is C12H17NO3. The standard InChI is InChI=1S/C12H17NO3/c1-11(2,3)16-10(15)12(9(13)14)6-8(12)7-4-5-7/h4-6H2,1-3H3,(H2,13,14). The molecule has 0 aromatic rings. The molecule has 4 heteroatoms. The molecule has 0 bridgehead atoms. The van der Waals surface area contributed by atoms with E-state index in [1.165, 1.54) is 5.57 Å². The summed E-state index contributed by atoms with van der Waals surface area (Å²) in [4.78, 5) is 23.4. The van der Waals surface area contributed by atoms with Gasteiger partial charge in [0.25, 0.3) is 0 Å². The summed E-state index contributed by atoms with van der Waals surface area (Å²) in [5.41, 5.74) is 5.75. The molecule has 2 saturated carbocycles. The second-order valence-corrected chi connectivity index (χ2v) is 5.53. The molecule has 1 unspecified atom stereocenters. The highest BCUT2D eigenvalue weighted by Gasteiger charge is 2.64. The Balaban J connectivity index is 2.21. The van der Waals surface area contributed by atoms with Crippen LogP contribution in [0.2, 0.25) is 0 Å². The molecule has 88 valence electrons. The van der Waals surface area contributed by atoms with E-state index in [0.717, 1.165) is 18.4 Å².